The van der Waals surface area contributed by atoms with Crippen molar-refractivity contribution in [3.8, 4) is 5.75 Å². The summed E-state index contributed by atoms with van der Waals surface area (Å²) in [5.74, 6) is -6.04. The lowest BCUT2D eigenvalue weighted by Crippen LogP contribution is -2.58. The molecule has 6 amide bonds. The lowest BCUT2D eigenvalue weighted by molar-refractivity contribution is -0.142. The number of likely N-dealkylation sites (tertiary alicyclic amines) is 1. The second-order valence-electron chi connectivity index (χ2n) is 16.1. The minimum absolute atomic E-state index is 0.0449. The summed E-state index contributed by atoms with van der Waals surface area (Å²) in [6, 6.07) is 5.40. The Kier molecular flexibility index (Phi) is 19.7. The van der Waals surface area contributed by atoms with Crippen LogP contribution in [0.4, 0.5) is 0 Å². The Morgan fingerprint density at radius 3 is 2.33 bits per heavy atom. The number of nitrogens with two attached hydrogens (primary N) is 2. The molecule has 2 aliphatic heterocycles. The largest absolute Gasteiger partial charge is 0.508 e. The number of carbonyl (C=O) groups is 8. The van der Waals surface area contributed by atoms with Gasteiger partial charge in [0.1, 0.15) is 29.7 Å². The summed E-state index contributed by atoms with van der Waals surface area (Å²) in [7, 11) is 0. The van der Waals surface area contributed by atoms with Gasteiger partial charge in [0.05, 0.1) is 18.4 Å². The number of hydrogen-bond acceptors (Lipinski definition) is 12. The van der Waals surface area contributed by atoms with Crippen LogP contribution in [-0.2, 0) is 51.2 Å². The van der Waals surface area contributed by atoms with E-state index in [1.165, 1.54) is 40.1 Å². The van der Waals surface area contributed by atoms with Gasteiger partial charge in [0.2, 0.25) is 35.4 Å². The molecule has 18 heteroatoms. The molecule has 0 bridgehead atoms. The van der Waals surface area contributed by atoms with Crippen molar-refractivity contribution in [1.82, 2.24) is 26.2 Å². The van der Waals surface area contributed by atoms with Crippen molar-refractivity contribution in [2.75, 3.05) is 31.1 Å². The highest BCUT2D eigenvalue weighted by molar-refractivity contribution is 7.99. The molecule has 1 aromatic heterocycles. The van der Waals surface area contributed by atoms with Gasteiger partial charge in [0, 0.05) is 55.3 Å². The third kappa shape index (κ3) is 15.6. The van der Waals surface area contributed by atoms with Crippen molar-refractivity contribution in [1.29, 1.82) is 0 Å². The zero-order valence-corrected chi connectivity index (χ0v) is 36.7. The first-order valence-corrected chi connectivity index (χ1v) is 23.1. The highest BCUT2D eigenvalue weighted by atomic mass is 32.2. The molecule has 2 aliphatic rings. The van der Waals surface area contributed by atoms with Crippen molar-refractivity contribution < 1.29 is 43.5 Å². The molecule has 0 radical (unpaired) electrons. The second kappa shape index (κ2) is 24.6. The summed E-state index contributed by atoms with van der Waals surface area (Å²) in [6.45, 7) is 4.59. The number of thioether (sulfide) groups is 1. The average Bonchev–Trinajstić information content (AvgIpc) is 3.93. The number of hydrogen-bond donors (Lipinski definition) is 7. The number of aromatic hydroxyl groups is 1. The quantitative estimate of drug-likeness (QED) is 0.143. The van der Waals surface area contributed by atoms with E-state index < -0.39 is 83.7 Å². The number of carbonyl (C=O) groups excluding carboxylic acids is 8. The lowest BCUT2D eigenvalue weighted by Gasteiger charge is -2.30. The van der Waals surface area contributed by atoms with E-state index in [1.54, 1.807) is 32.0 Å². The number of amides is 6. The standard InChI is InChI=1S/C43H61N7O9S2/c1-26(2)38-42(58)47-33(24-37(45)54)36(53)22-29(43(59)50-17-5-10-35(50)41(57)46-16-4-3-15-44)25-60-18-6-8-31(52)21-28(20-27-11-13-30(51)14-12-27)39(55)48-34(40(56)49-38)23-32-9-7-19-61-32/h7,9,11-14,19,26,28-29,33-35,38,51H,3-6,8,10,15-18,20-25,44H2,1-2H3,(H2,45,54)(H,46,57)(H,47,58)(H,48,55)(H,49,56)/t28-,29+,33+,34+,35+,38+/m1/s1. The van der Waals surface area contributed by atoms with Crippen molar-refractivity contribution in [2.45, 2.75) is 109 Å². The highest BCUT2D eigenvalue weighted by Crippen LogP contribution is 2.26. The number of phenols is 1. The van der Waals surface area contributed by atoms with Gasteiger partial charge < -0.3 is 42.7 Å². The third-order valence-electron chi connectivity index (χ3n) is 10.9. The van der Waals surface area contributed by atoms with Crippen molar-refractivity contribution >= 4 is 70.1 Å². The Bertz CT molecular complexity index is 1830. The molecule has 16 nitrogen and oxygen atoms in total. The van der Waals surface area contributed by atoms with Gasteiger partial charge in [-0.25, -0.2) is 0 Å². The van der Waals surface area contributed by atoms with Gasteiger partial charge in [-0.2, -0.15) is 11.8 Å². The van der Waals surface area contributed by atoms with Crippen LogP contribution in [0.2, 0.25) is 0 Å². The molecule has 2 aromatic rings. The molecule has 0 spiro atoms. The number of phenolic OH excluding ortho intramolecular Hbond substituents is 1. The van der Waals surface area contributed by atoms with E-state index in [0.717, 1.165) is 11.3 Å². The molecular formula is C43H61N7O9S2. The van der Waals surface area contributed by atoms with Gasteiger partial charge in [-0.3, -0.25) is 38.4 Å². The monoisotopic (exact) mass is 883 g/mol. The van der Waals surface area contributed by atoms with Crippen LogP contribution in [0.25, 0.3) is 0 Å². The van der Waals surface area contributed by atoms with Gasteiger partial charge >= 0.3 is 0 Å². The Labute approximate surface area is 365 Å². The number of Topliss-reactive ketones (excluding diaryl/α,β-unsaturated/α-hetero) is 2. The molecule has 0 unspecified atom stereocenters. The number of nitrogens with zero attached hydrogens (tertiary/aromatic N) is 1. The predicted octanol–water partition coefficient (Wildman–Crippen LogP) is 1.75. The van der Waals surface area contributed by atoms with Crippen LogP contribution in [0.15, 0.2) is 41.8 Å². The van der Waals surface area contributed by atoms with Crippen LogP contribution in [0.5, 0.6) is 5.75 Å². The van der Waals surface area contributed by atoms with Crippen molar-refractivity contribution in [2.24, 2.45) is 29.2 Å². The van der Waals surface area contributed by atoms with E-state index in [4.69, 9.17) is 11.5 Å². The lowest BCUT2D eigenvalue weighted by atomic mass is 9.91. The molecule has 4 rings (SSSR count). The van der Waals surface area contributed by atoms with Crippen LogP contribution < -0.4 is 32.7 Å². The predicted molar refractivity (Wildman–Crippen MR) is 233 cm³/mol. The molecule has 0 saturated carbocycles. The van der Waals surface area contributed by atoms with Crippen LogP contribution in [0, 0.1) is 17.8 Å². The fourth-order valence-corrected chi connectivity index (χ4v) is 9.32. The topological polar surface area (TPSA) is 260 Å². The molecule has 3 heterocycles. The van der Waals surface area contributed by atoms with Gasteiger partial charge in [0.15, 0.2) is 5.78 Å². The summed E-state index contributed by atoms with van der Waals surface area (Å²) in [5, 5.41) is 22.8. The normalized spacial score (nSPS) is 24.1. The molecule has 2 saturated heterocycles. The minimum Gasteiger partial charge on any atom is -0.508 e. The van der Waals surface area contributed by atoms with Crippen LogP contribution in [0.1, 0.15) is 82.1 Å². The van der Waals surface area contributed by atoms with E-state index in [2.05, 4.69) is 21.3 Å². The number of ketones is 2. The van der Waals surface area contributed by atoms with E-state index in [9.17, 15) is 43.5 Å². The number of thiophene rings is 1. The number of primary amides is 1. The van der Waals surface area contributed by atoms with E-state index in [0.29, 0.717) is 56.6 Å². The Hall–Kier alpha value is -4.81. The summed E-state index contributed by atoms with van der Waals surface area (Å²) >= 11 is 2.75. The fraction of sp³-hybridized carbons (Fsp3) is 0.581. The molecule has 334 valence electrons. The molecule has 9 N–H and O–H groups in total. The van der Waals surface area contributed by atoms with Gasteiger partial charge in [-0.1, -0.05) is 32.0 Å². The molecule has 2 fully saturated rings. The van der Waals surface area contributed by atoms with Gasteiger partial charge in [0.25, 0.3) is 0 Å². The molecule has 61 heavy (non-hydrogen) atoms. The van der Waals surface area contributed by atoms with Crippen molar-refractivity contribution in [3.05, 3.63) is 52.2 Å². The van der Waals surface area contributed by atoms with Crippen LogP contribution in [-0.4, -0.2) is 112 Å². The molecule has 6 atom stereocenters. The average molecular weight is 884 g/mol. The van der Waals surface area contributed by atoms with E-state index in [1.807, 2.05) is 11.4 Å². The number of rotatable bonds is 13. The Balaban J connectivity index is 1.65. The SMILES string of the molecule is CC(C)[C@@H]1NC(=O)[C@H](Cc2cccs2)NC(=O)[C@H](Cc2ccc(O)cc2)CC(=O)CCCSC[C@@H](C(=O)N2CCC[C@H]2C(=O)NCCCCN)CC(=O)[C@H](CC(N)=O)NC1=O. The molecule has 1 aromatic carbocycles. The van der Waals surface area contributed by atoms with Crippen molar-refractivity contribution in [3.63, 3.8) is 0 Å². The minimum atomic E-state index is -1.42. The van der Waals surface area contributed by atoms with Crippen LogP contribution in [0.3, 0.4) is 0 Å². The summed E-state index contributed by atoms with van der Waals surface area (Å²) in [5.41, 5.74) is 11.9. The first-order chi connectivity index (χ1) is 29.2. The Morgan fingerprint density at radius 2 is 1.66 bits per heavy atom. The van der Waals surface area contributed by atoms with E-state index >= 15 is 0 Å². The first-order valence-electron chi connectivity index (χ1n) is 21.1. The molecule has 0 aliphatic carbocycles. The summed E-state index contributed by atoms with van der Waals surface area (Å²) in [4.78, 5) is 112. The number of benzene rings is 1. The number of nitrogens with one attached hydrogen (secondary N) is 4. The first kappa shape index (κ1) is 48.9. The zero-order valence-electron chi connectivity index (χ0n) is 35.0. The maximum Gasteiger partial charge on any atom is 0.243 e. The fourth-order valence-electron chi connectivity index (χ4n) is 7.51. The maximum absolute atomic E-state index is 14.3. The summed E-state index contributed by atoms with van der Waals surface area (Å²) in [6.07, 6.45) is 2.20. The summed E-state index contributed by atoms with van der Waals surface area (Å²) < 4.78 is 0. The van der Waals surface area contributed by atoms with Crippen LogP contribution >= 0.6 is 23.1 Å². The van der Waals surface area contributed by atoms with E-state index in [-0.39, 0.29) is 55.3 Å². The second-order valence-corrected chi connectivity index (χ2v) is 18.3. The van der Waals surface area contributed by atoms with Gasteiger partial charge in [-0.05, 0) is 85.9 Å². The Morgan fingerprint density at radius 1 is 0.918 bits per heavy atom. The maximum atomic E-state index is 14.3. The zero-order chi connectivity index (χ0) is 44.5. The third-order valence-corrected chi connectivity index (χ3v) is 13.0. The highest BCUT2D eigenvalue weighted by Gasteiger charge is 2.39. The smallest absolute Gasteiger partial charge is 0.243 e. The van der Waals surface area contributed by atoms with Gasteiger partial charge in [-0.15, -0.1) is 11.3 Å². The molecular weight excluding hydrogens is 823 g/mol. The number of unbranched alkanes of at least 4 members (excludes halogenated alkanes) is 1.